The molecular formula is C16H19N7O. The average molecular weight is 325 g/mol. The maximum absolute atomic E-state index is 9.75. The van der Waals surface area contributed by atoms with Crippen molar-refractivity contribution >= 4 is 11.6 Å². The van der Waals surface area contributed by atoms with E-state index in [2.05, 4.69) is 30.6 Å². The monoisotopic (exact) mass is 325 g/mol. The summed E-state index contributed by atoms with van der Waals surface area (Å²) in [5, 5.41) is 16.4. The summed E-state index contributed by atoms with van der Waals surface area (Å²) < 4.78 is 1.89. The van der Waals surface area contributed by atoms with Crippen molar-refractivity contribution in [2.45, 2.75) is 25.5 Å². The summed E-state index contributed by atoms with van der Waals surface area (Å²) in [6.07, 6.45) is 7.36. The number of aromatic nitrogens is 5. The van der Waals surface area contributed by atoms with Gasteiger partial charge in [0.1, 0.15) is 0 Å². The molecule has 0 bridgehead atoms. The van der Waals surface area contributed by atoms with Crippen molar-refractivity contribution in [3.05, 3.63) is 36.5 Å². The molecule has 1 aliphatic rings. The Hall–Kier alpha value is -2.58. The number of hydrogen-bond donors (Lipinski definition) is 3. The first-order valence-corrected chi connectivity index (χ1v) is 8.02. The maximum Gasteiger partial charge on any atom is 0.223 e. The van der Waals surface area contributed by atoms with E-state index in [1.807, 2.05) is 10.5 Å². The van der Waals surface area contributed by atoms with Crippen LogP contribution < -0.4 is 10.6 Å². The molecule has 4 heterocycles. The normalized spacial score (nSPS) is 18.8. The molecule has 0 aliphatic carbocycles. The predicted octanol–water partition coefficient (Wildman–Crippen LogP) is 1.01. The number of imidazole rings is 1. The first kappa shape index (κ1) is 15.0. The molecule has 4 rings (SSSR count). The van der Waals surface area contributed by atoms with E-state index < -0.39 is 6.10 Å². The van der Waals surface area contributed by atoms with Gasteiger partial charge in [0.2, 0.25) is 5.95 Å². The molecule has 0 aromatic carbocycles. The summed E-state index contributed by atoms with van der Waals surface area (Å²) in [7, 11) is 0. The lowest BCUT2D eigenvalue weighted by molar-refractivity contribution is 0.194. The summed E-state index contributed by atoms with van der Waals surface area (Å²) in [5.74, 6) is 0.612. The number of aliphatic hydroxyl groups is 1. The molecule has 3 N–H and O–H groups in total. The summed E-state index contributed by atoms with van der Waals surface area (Å²) in [4.78, 5) is 17.5. The van der Waals surface area contributed by atoms with E-state index in [9.17, 15) is 5.11 Å². The van der Waals surface area contributed by atoms with Crippen LogP contribution >= 0.6 is 0 Å². The van der Waals surface area contributed by atoms with E-state index in [0.717, 1.165) is 30.9 Å². The van der Waals surface area contributed by atoms with Crippen molar-refractivity contribution in [1.29, 1.82) is 0 Å². The molecule has 1 aliphatic heterocycles. The van der Waals surface area contributed by atoms with E-state index >= 15 is 0 Å². The second-order valence-electron chi connectivity index (χ2n) is 5.96. The van der Waals surface area contributed by atoms with Crippen LogP contribution in [0.1, 0.15) is 25.1 Å². The van der Waals surface area contributed by atoms with E-state index in [1.54, 1.807) is 31.7 Å². The standard InChI is InChI=1S/C16H19N7O/c1-10(24)13-9-23-14(7-20-15(23)8-19-13)12-3-5-18-16(22-12)21-11-2-4-17-6-11/h3,5,7-11,17,24H,2,4,6H2,1H3,(H,18,21,22). The number of rotatable bonds is 4. The highest BCUT2D eigenvalue weighted by molar-refractivity contribution is 5.60. The Balaban J connectivity index is 1.70. The number of anilines is 1. The van der Waals surface area contributed by atoms with Gasteiger partial charge in [0.25, 0.3) is 0 Å². The number of hydrogen-bond acceptors (Lipinski definition) is 7. The summed E-state index contributed by atoms with van der Waals surface area (Å²) in [5.41, 5.74) is 2.91. The lowest BCUT2D eigenvalue weighted by Crippen LogP contribution is -2.23. The van der Waals surface area contributed by atoms with Gasteiger partial charge in [-0.2, -0.15) is 0 Å². The van der Waals surface area contributed by atoms with Crippen LogP contribution in [0.2, 0.25) is 0 Å². The van der Waals surface area contributed by atoms with Gasteiger partial charge >= 0.3 is 0 Å². The Kier molecular flexibility index (Phi) is 3.83. The molecule has 3 aromatic heterocycles. The number of nitrogens with zero attached hydrogens (tertiary/aromatic N) is 5. The van der Waals surface area contributed by atoms with E-state index in [-0.39, 0.29) is 0 Å². The molecular weight excluding hydrogens is 306 g/mol. The fraction of sp³-hybridized carbons (Fsp3) is 0.375. The summed E-state index contributed by atoms with van der Waals surface area (Å²) in [6, 6.07) is 2.21. The van der Waals surface area contributed by atoms with Crippen LogP contribution in [0, 0.1) is 0 Å². The molecule has 24 heavy (non-hydrogen) atoms. The van der Waals surface area contributed by atoms with Crippen LogP contribution in [0.5, 0.6) is 0 Å². The lowest BCUT2D eigenvalue weighted by atomic mass is 10.2. The first-order valence-electron chi connectivity index (χ1n) is 8.02. The fourth-order valence-electron chi connectivity index (χ4n) is 2.84. The maximum atomic E-state index is 9.75. The van der Waals surface area contributed by atoms with Crippen molar-refractivity contribution < 1.29 is 5.11 Å². The molecule has 2 unspecified atom stereocenters. The summed E-state index contributed by atoms with van der Waals surface area (Å²) in [6.45, 7) is 3.62. The minimum atomic E-state index is -0.637. The second kappa shape index (κ2) is 6.14. The van der Waals surface area contributed by atoms with Crippen LogP contribution in [-0.2, 0) is 0 Å². The number of fused-ring (bicyclic) bond motifs is 1. The molecule has 1 saturated heterocycles. The third kappa shape index (κ3) is 2.81. The molecule has 8 nitrogen and oxygen atoms in total. The average Bonchev–Trinajstić information content (AvgIpc) is 3.23. The fourth-order valence-corrected chi connectivity index (χ4v) is 2.84. The zero-order chi connectivity index (χ0) is 16.5. The summed E-state index contributed by atoms with van der Waals surface area (Å²) >= 11 is 0. The van der Waals surface area contributed by atoms with E-state index in [0.29, 0.717) is 23.3 Å². The SMILES string of the molecule is CC(O)c1cn2c(-c3ccnc(NC4CCNC4)n3)cnc2cn1. The van der Waals surface area contributed by atoms with Gasteiger partial charge in [-0.15, -0.1) is 0 Å². The number of nitrogens with one attached hydrogen (secondary N) is 2. The van der Waals surface area contributed by atoms with Gasteiger partial charge in [0, 0.05) is 25.0 Å². The van der Waals surface area contributed by atoms with Crippen LogP contribution in [0.3, 0.4) is 0 Å². The molecule has 0 saturated carbocycles. The Morgan fingerprint density at radius 3 is 3.04 bits per heavy atom. The third-order valence-corrected chi connectivity index (χ3v) is 4.16. The minimum Gasteiger partial charge on any atom is -0.387 e. The van der Waals surface area contributed by atoms with Crippen molar-refractivity contribution in [2.24, 2.45) is 0 Å². The van der Waals surface area contributed by atoms with Crippen LogP contribution in [0.15, 0.2) is 30.9 Å². The molecule has 3 aromatic rings. The molecule has 8 heteroatoms. The van der Waals surface area contributed by atoms with Gasteiger partial charge in [-0.25, -0.2) is 15.0 Å². The van der Waals surface area contributed by atoms with E-state index in [1.165, 1.54) is 0 Å². The zero-order valence-electron chi connectivity index (χ0n) is 13.3. The van der Waals surface area contributed by atoms with Crippen molar-refractivity contribution in [3.63, 3.8) is 0 Å². The van der Waals surface area contributed by atoms with Crippen molar-refractivity contribution in [1.82, 2.24) is 29.7 Å². The van der Waals surface area contributed by atoms with Crippen LogP contribution in [0.25, 0.3) is 17.0 Å². The van der Waals surface area contributed by atoms with Gasteiger partial charge in [-0.05, 0) is 26.0 Å². The smallest absolute Gasteiger partial charge is 0.223 e. The van der Waals surface area contributed by atoms with Crippen LogP contribution in [-0.4, -0.2) is 48.6 Å². The second-order valence-corrected chi connectivity index (χ2v) is 5.96. The largest absolute Gasteiger partial charge is 0.387 e. The number of aliphatic hydroxyl groups excluding tert-OH is 1. The Morgan fingerprint density at radius 1 is 1.33 bits per heavy atom. The Morgan fingerprint density at radius 2 is 2.25 bits per heavy atom. The quantitative estimate of drug-likeness (QED) is 0.658. The van der Waals surface area contributed by atoms with Gasteiger partial charge in [0.15, 0.2) is 5.65 Å². The molecule has 0 amide bonds. The van der Waals surface area contributed by atoms with Gasteiger partial charge in [-0.3, -0.25) is 9.38 Å². The van der Waals surface area contributed by atoms with Gasteiger partial charge < -0.3 is 15.7 Å². The molecule has 0 radical (unpaired) electrons. The Labute approximate surface area is 139 Å². The first-order chi connectivity index (χ1) is 11.7. The molecule has 2 atom stereocenters. The highest BCUT2D eigenvalue weighted by Crippen LogP contribution is 2.21. The highest BCUT2D eigenvalue weighted by atomic mass is 16.3. The molecule has 124 valence electrons. The topological polar surface area (TPSA) is 100 Å². The van der Waals surface area contributed by atoms with Gasteiger partial charge in [-0.1, -0.05) is 0 Å². The highest BCUT2D eigenvalue weighted by Gasteiger charge is 2.16. The molecule has 0 spiro atoms. The lowest BCUT2D eigenvalue weighted by Gasteiger charge is -2.11. The molecule has 1 fully saturated rings. The van der Waals surface area contributed by atoms with Gasteiger partial charge in [0.05, 0.1) is 35.6 Å². The minimum absolute atomic E-state index is 0.355. The van der Waals surface area contributed by atoms with E-state index in [4.69, 9.17) is 0 Å². The zero-order valence-corrected chi connectivity index (χ0v) is 13.3. The van der Waals surface area contributed by atoms with Crippen molar-refractivity contribution in [2.75, 3.05) is 18.4 Å². The van der Waals surface area contributed by atoms with Crippen LogP contribution in [0.4, 0.5) is 5.95 Å². The predicted molar refractivity (Wildman–Crippen MR) is 89.5 cm³/mol. The Bertz CT molecular complexity index is 855. The third-order valence-electron chi connectivity index (χ3n) is 4.16. The van der Waals surface area contributed by atoms with Crippen molar-refractivity contribution in [3.8, 4) is 11.4 Å².